The minimum atomic E-state index is -0.329. The van der Waals surface area contributed by atoms with Gasteiger partial charge in [0.2, 0.25) is 0 Å². The number of rotatable bonds is 4. The Morgan fingerprint density at radius 2 is 1.17 bits per heavy atom. The first kappa shape index (κ1) is 39.1. The van der Waals surface area contributed by atoms with E-state index in [1.54, 1.807) is 0 Å². The van der Waals surface area contributed by atoms with Crippen molar-refractivity contribution in [3.05, 3.63) is 199 Å². The van der Waals surface area contributed by atoms with Crippen molar-refractivity contribution >= 4 is 21.8 Å². The minimum Gasteiger partial charge on any atom is -0.458 e. The maximum Gasteiger partial charge on any atom is 0.269 e. The summed E-state index contributed by atoms with van der Waals surface area (Å²) in [4.78, 5) is 4.92. The third-order valence-corrected chi connectivity index (χ3v) is 14.7. The molecule has 5 heterocycles. The second-order valence-corrected chi connectivity index (χ2v) is 19.8. The first-order chi connectivity index (χ1) is 31.4. The molecule has 316 valence electrons. The number of hydrogen-bond acceptors (Lipinski definition) is 2. The van der Waals surface area contributed by atoms with Crippen LogP contribution < -0.4 is 9.30 Å². The van der Waals surface area contributed by atoms with Gasteiger partial charge in [-0.05, 0) is 103 Å². The van der Waals surface area contributed by atoms with Gasteiger partial charge in [0.1, 0.15) is 17.3 Å². The molecule has 5 nitrogen and oxygen atoms in total. The number of nitrogens with zero attached hydrogens (tertiary/aromatic N) is 4. The van der Waals surface area contributed by atoms with Crippen LogP contribution in [-0.2, 0) is 16.2 Å². The van der Waals surface area contributed by atoms with E-state index in [-0.39, 0.29) is 16.2 Å². The molecule has 0 N–H and O–H groups in total. The molecule has 0 atom stereocenters. The van der Waals surface area contributed by atoms with Gasteiger partial charge in [-0.15, -0.1) is 0 Å². The van der Waals surface area contributed by atoms with E-state index in [0.29, 0.717) is 0 Å². The van der Waals surface area contributed by atoms with Crippen molar-refractivity contribution in [3.63, 3.8) is 0 Å². The lowest BCUT2D eigenvalue weighted by Crippen LogP contribution is -2.46. The fourth-order valence-corrected chi connectivity index (χ4v) is 10.6. The Labute approximate surface area is 380 Å². The summed E-state index contributed by atoms with van der Waals surface area (Å²) in [6, 6.07) is 61.3. The number of benzene rings is 7. The van der Waals surface area contributed by atoms with Gasteiger partial charge in [-0.25, -0.2) is 4.98 Å². The molecule has 0 radical (unpaired) electrons. The summed E-state index contributed by atoms with van der Waals surface area (Å²) in [6.45, 7) is 16.3. The third-order valence-electron chi connectivity index (χ3n) is 14.7. The first-order valence-corrected chi connectivity index (χ1v) is 22.7. The molecule has 0 fully saturated rings. The smallest absolute Gasteiger partial charge is 0.269 e. The van der Waals surface area contributed by atoms with Crippen LogP contribution in [0.25, 0.3) is 83.6 Å². The summed E-state index contributed by atoms with van der Waals surface area (Å²) in [5.74, 6) is 2.41. The van der Waals surface area contributed by atoms with Crippen LogP contribution in [0.4, 0.5) is 0 Å². The molecule has 0 amide bonds. The van der Waals surface area contributed by atoms with Crippen LogP contribution in [0.1, 0.15) is 65.3 Å². The third kappa shape index (κ3) is 5.77. The van der Waals surface area contributed by atoms with Crippen molar-refractivity contribution in [2.75, 3.05) is 0 Å². The fraction of sp³-hybridized carbons (Fsp3) is 0.167. The predicted octanol–water partition coefficient (Wildman–Crippen LogP) is 14.7. The van der Waals surface area contributed by atoms with Crippen molar-refractivity contribution in [1.29, 1.82) is 0 Å². The molecule has 3 aromatic heterocycles. The molecule has 0 spiro atoms. The number of pyridine rings is 1. The Hall–Kier alpha value is -7.50. The lowest BCUT2D eigenvalue weighted by Gasteiger charge is -2.48. The summed E-state index contributed by atoms with van der Waals surface area (Å²) in [5.41, 5.74) is 16.9. The van der Waals surface area contributed by atoms with Gasteiger partial charge in [-0.3, -0.25) is 13.7 Å². The maximum absolute atomic E-state index is 6.96. The van der Waals surface area contributed by atoms with Gasteiger partial charge in [0, 0.05) is 28.5 Å². The van der Waals surface area contributed by atoms with Crippen LogP contribution in [0.15, 0.2) is 176 Å². The van der Waals surface area contributed by atoms with E-state index in [1.165, 1.54) is 50.0 Å². The summed E-state index contributed by atoms with van der Waals surface area (Å²) < 4.78 is 13.9. The maximum atomic E-state index is 6.96. The Morgan fingerprint density at radius 1 is 0.554 bits per heavy atom. The highest BCUT2D eigenvalue weighted by molar-refractivity contribution is 6.09. The Bertz CT molecular complexity index is 3560. The molecule has 2 aliphatic rings. The van der Waals surface area contributed by atoms with Gasteiger partial charge in [0.05, 0.1) is 33.8 Å². The number of fused-ring (bicyclic) bond motifs is 15. The fourth-order valence-electron chi connectivity index (χ4n) is 10.6. The quantitative estimate of drug-likeness (QED) is 0.131. The second-order valence-electron chi connectivity index (χ2n) is 19.8. The van der Waals surface area contributed by atoms with E-state index in [9.17, 15) is 0 Å². The molecular formula is C60H50N4O. The second kappa shape index (κ2) is 14.0. The monoisotopic (exact) mass is 842 g/mol. The molecule has 10 aromatic rings. The molecule has 0 bridgehead atoms. The highest BCUT2D eigenvalue weighted by atomic mass is 16.5. The van der Waals surface area contributed by atoms with Crippen LogP contribution in [0.2, 0.25) is 0 Å². The Balaban J connectivity index is 1.07. The molecule has 0 saturated heterocycles. The molecule has 12 rings (SSSR count). The number of para-hydroxylation sites is 2. The molecule has 7 aromatic carbocycles. The molecule has 65 heavy (non-hydrogen) atoms. The normalized spacial score (nSPS) is 14.3. The number of hydrogen-bond donors (Lipinski definition) is 0. The van der Waals surface area contributed by atoms with Crippen molar-refractivity contribution in [2.45, 2.75) is 64.7 Å². The van der Waals surface area contributed by atoms with Crippen molar-refractivity contribution < 1.29 is 9.30 Å². The van der Waals surface area contributed by atoms with Crippen LogP contribution >= 0.6 is 0 Å². The van der Waals surface area contributed by atoms with Gasteiger partial charge in [-0.2, -0.15) is 0 Å². The van der Waals surface area contributed by atoms with Gasteiger partial charge in [-0.1, -0.05) is 170 Å². The lowest BCUT2D eigenvalue weighted by molar-refractivity contribution is -0.586. The Kier molecular flexibility index (Phi) is 8.42. The molecule has 0 unspecified atom stereocenters. The van der Waals surface area contributed by atoms with E-state index in [0.717, 1.165) is 61.9 Å². The molecule has 5 heteroatoms. The summed E-state index contributed by atoms with van der Waals surface area (Å²) in [7, 11) is 0. The highest BCUT2D eigenvalue weighted by Crippen LogP contribution is 2.55. The van der Waals surface area contributed by atoms with Gasteiger partial charge in [0.25, 0.3) is 6.33 Å². The lowest BCUT2D eigenvalue weighted by atomic mass is 9.59. The van der Waals surface area contributed by atoms with Crippen LogP contribution in [-0.4, -0.2) is 14.1 Å². The van der Waals surface area contributed by atoms with Crippen molar-refractivity contribution in [2.24, 2.45) is 0 Å². The first-order valence-electron chi connectivity index (χ1n) is 22.7. The van der Waals surface area contributed by atoms with E-state index in [4.69, 9.17) is 9.72 Å². The summed E-state index contributed by atoms with van der Waals surface area (Å²) >= 11 is 0. The summed E-state index contributed by atoms with van der Waals surface area (Å²) in [5, 5.41) is 2.34. The minimum absolute atomic E-state index is 0.0177. The number of ether oxygens (including phenoxy) is 1. The van der Waals surface area contributed by atoms with E-state index in [1.807, 2.05) is 6.20 Å². The highest BCUT2D eigenvalue weighted by Gasteiger charge is 2.49. The Morgan fingerprint density at radius 3 is 1.94 bits per heavy atom. The zero-order chi connectivity index (χ0) is 44.4. The van der Waals surface area contributed by atoms with E-state index < -0.39 is 0 Å². The van der Waals surface area contributed by atoms with Gasteiger partial charge >= 0.3 is 0 Å². The SMILES string of the molecule is CC(C)(C)c1ccnc(-n2c3ccccc3c3ccc(Oc4ccc5c(c4)-n4[c-][n+]6c(c4C(C)(C)C5(C)C)-c4ccccc4-c4ccccc4-c4cccc(-c5ccccc5)c4-6)cc32)c1. The van der Waals surface area contributed by atoms with E-state index in [2.05, 4.69) is 238 Å². The van der Waals surface area contributed by atoms with Gasteiger partial charge < -0.3 is 4.74 Å². The zero-order valence-electron chi connectivity index (χ0n) is 37.9. The average Bonchev–Trinajstić information content (AvgIpc) is 3.87. The number of imidazole rings is 1. The van der Waals surface area contributed by atoms with Crippen LogP contribution in [0.3, 0.4) is 0 Å². The average molecular weight is 843 g/mol. The zero-order valence-corrected chi connectivity index (χ0v) is 37.9. The molecule has 0 saturated carbocycles. The largest absolute Gasteiger partial charge is 0.458 e. The standard InChI is InChI=1S/C60H50N4O/c1-58(2,3)39-32-33-61-54(34-39)64-51-27-16-15-23-46(51)47-30-28-40(35-52(47)64)65-41-29-31-50-53(36-41)62-37-63-55-42(38-18-9-8-10-19-38)25-17-26-48(55)44-21-12-11-20-43(44)45-22-13-14-24-49(45)56(63)57(62)60(6,7)59(50,4)5/h8-36H,1-7H3. The van der Waals surface area contributed by atoms with Crippen LogP contribution in [0, 0.1) is 6.33 Å². The molecule has 2 aliphatic heterocycles. The topological polar surface area (TPSA) is 35.9 Å². The van der Waals surface area contributed by atoms with Crippen molar-refractivity contribution in [1.82, 2.24) is 14.1 Å². The van der Waals surface area contributed by atoms with Crippen molar-refractivity contribution in [3.8, 4) is 73.3 Å². The number of aromatic nitrogens is 4. The van der Waals surface area contributed by atoms with E-state index >= 15 is 0 Å². The molecular weight excluding hydrogens is 793 g/mol. The molecule has 0 aliphatic carbocycles. The van der Waals surface area contributed by atoms with Gasteiger partial charge in [0.15, 0.2) is 0 Å². The van der Waals surface area contributed by atoms with Crippen LogP contribution in [0.5, 0.6) is 11.5 Å². The summed E-state index contributed by atoms with van der Waals surface area (Å²) in [6.07, 6.45) is 5.98. The predicted molar refractivity (Wildman–Crippen MR) is 265 cm³/mol.